The number of pyridine rings is 1. The fourth-order valence-corrected chi connectivity index (χ4v) is 4.99. The van der Waals surface area contributed by atoms with Crippen molar-refractivity contribution in [3.63, 3.8) is 0 Å². The first kappa shape index (κ1) is 23.9. The number of carbonyl (C=O) groups is 2. The number of likely N-dealkylation sites (tertiary alicyclic amines) is 1. The SMILES string of the molecule is C=CC(=O)Nc1ccc(C(=O)N2CCC[C@@H](Cc3ncc(Br)c(-c4c[nH]c5ccccc45)n3)C2)nc1. The number of halogens is 1. The summed E-state index contributed by atoms with van der Waals surface area (Å²) in [5.74, 6) is 0.583. The third kappa shape index (κ3) is 5.06. The van der Waals surface area contributed by atoms with E-state index in [4.69, 9.17) is 4.98 Å². The van der Waals surface area contributed by atoms with Crippen molar-refractivity contribution in [2.75, 3.05) is 18.4 Å². The number of amides is 2. The molecule has 5 rings (SSSR count). The molecule has 1 aliphatic heterocycles. The van der Waals surface area contributed by atoms with Gasteiger partial charge in [-0.1, -0.05) is 24.8 Å². The maximum absolute atomic E-state index is 13.1. The fourth-order valence-electron chi connectivity index (χ4n) is 4.58. The molecule has 1 aliphatic rings. The number of fused-ring (bicyclic) bond motifs is 1. The summed E-state index contributed by atoms with van der Waals surface area (Å²) < 4.78 is 0.843. The van der Waals surface area contributed by atoms with Gasteiger partial charge in [-0.3, -0.25) is 9.59 Å². The molecular weight excluding hydrogens is 520 g/mol. The van der Waals surface area contributed by atoms with Crippen LogP contribution in [0.5, 0.6) is 0 Å². The highest BCUT2D eigenvalue weighted by Gasteiger charge is 2.26. The van der Waals surface area contributed by atoms with Gasteiger partial charge in [0.05, 0.1) is 22.1 Å². The number of nitrogens with zero attached hydrogens (tertiary/aromatic N) is 4. The van der Waals surface area contributed by atoms with Crippen molar-refractivity contribution in [2.45, 2.75) is 19.3 Å². The van der Waals surface area contributed by atoms with Crippen molar-refractivity contribution in [3.05, 3.63) is 83.6 Å². The second kappa shape index (κ2) is 10.4. The molecule has 0 radical (unpaired) electrons. The number of carbonyl (C=O) groups excluding carboxylic acids is 2. The lowest BCUT2D eigenvalue weighted by molar-refractivity contribution is -0.111. The van der Waals surface area contributed by atoms with Crippen molar-refractivity contribution < 1.29 is 9.59 Å². The molecule has 0 aliphatic carbocycles. The van der Waals surface area contributed by atoms with Crippen molar-refractivity contribution in [1.82, 2.24) is 24.8 Å². The number of piperidine rings is 1. The number of aromatic nitrogens is 4. The normalized spacial score (nSPS) is 15.6. The number of hydrogen-bond acceptors (Lipinski definition) is 5. The van der Waals surface area contributed by atoms with E-state index in [1.54, 1.807) is 12.1 Å². The van der Waals surface area contributed by atoms with Gasteiger partial charge < -0.3 is 15.2 Å². The Kier molecular flexibility index (Phi) is 6.90. The molecule has 1 saturated heterocycles. The minimum Gasteiger partial charge on any atom is -0.360 e. The maximum atomic E-state index is 13.1. The van der Waals surface area contributed by atoms with E-state index in [0.717, 1.165) is 45.3 Å². The monoisotopic (exact) mass is 544 g/mol. The third-order valence-electron chi connectivity index (χ3n) is 6.35. The molecule has 2 amide bonds. The van der Waals surface area contributed by atoms with E-state index in [9.17, 15) is 9.59 Å². The summed E-state index contributed by atoms with van der Waals surface area (Å²) in [5, 5.41) is 3.75. The first-order valence-corrected chi connectivity index (χ1v) is 12.6. The molecule has 1 atom stereocenters. The van der Waals surface area contributed by atoms with Crippen LogP contribution in [-0.2, 0) is 11.2 Å². The van der Waals surface area contributed by atoms with E-state index < -0.39 is 0 Å². The Morgan fingerprint density at radius 1 is 1.19 bits per heavy atom. The van der Waals surface area contributed by atoms with Crippen LogP contribution in [0.4, 0.5) is 5.69 Å². The van der Waals surface area contributed by atoms with Crippen LogP contribution in [0.3, 0.4) is 0 Å². The average molecular weight is 545 g/mol. The quantitative estimate of drug-likeness (QED) is 0.332. The predicted molar refractivity (Wildman–Crippen MR) is 142 cm³/mol. The van der Waals surface area contributed by atoms with Gasteiger partial charge in [0.2, 0.25) is 5.91 Å². The van der Waals surface area contributed by atoms with Crippen molar-refractivity contribution >= 4 is 44.3 Å². The van der Waals surface area contributed by atoms with Crippen LogP contribution < -0.4 is 5.32 Å². The second-order valence-corrected chi connectivity index (χ2v) is 9.67. The first-order valence-electron chi connectivity index (χ1n) is 11.8. The lowest BCUT2D eigenvalue weighted by atomic mass is 9.94. The molecule has 4 heterocycles. The Bertz CT molecular complexity index is 1430. The number of nitrogens with one attached hydrogen (secondary N) is 2. The number of hydrogen-bond donors (Lipinski definition) is 2. The topological polar surface area (TPSA) is 104 Å². The maximum Gasteiger partial charge on any atom is 0.272 e. The Morgan fingerprint density at radius 2 is 2.06 bits per heavy atom. The summed E-state index contributed by atoms with van der Waals surface area (Å²) in [5.41, 5.74) is 3.82. The molecule has 8 nitrogen and oxygen atoms in total. The van der Waals surface area contributed by atoms with Crippen LogP contribution in [0.1, 0.15) is 29.2 Å². The average Bonchev–Trinajstić information content (AvgIpc) is 3.34. The van der Waals surface area contributed by atoms with Gasteiger partial charge in [-0.15, -0.1) is 0 Å². The molecule has 0 bridgehead atoms. The van der Waals surface area contributed by atoms with Crippen LogP contribution in [0, 0.1) is 5.92 Å². The molecule has 1 aromatic carbocycles. The van der Waals surface area contributed by atoms with E-state index in [1.807, 2.05) is 35.5 Å². The van der Waals surface area contributed by atoms with Gasteiger partial charge in [0, 0.05) is 48.4 Å². The van der Waals surface area contributed by atoms with Crippen molar-refractivity contribution in [1.29, 1.82) is 0 Å². The fraction of sp³-hybridized carbons (Fsp3) is 0.222. The molecule has 0 saturated carbocycles. The molecule has 4 aromatic rings. The van der Waals surface area contributed by atoms with Gasteiger partial charge in [-0.25, -0.2) is 15.0 Å². The standard InChI is InChI=1S/C27H25BrN6O2/c1-2-25(35)32-18-9-10-23(29-13-18)27(36)34-11-5-6-17(16-34)12-24-31-15-21(28)26(33-24)20-14-30-22-8-4-3-7-19(20)22/h2-4,7-10,13-15,17,30H,1,5-6,11-12,16H2,(H,32,35)/t17-/m0/s1. The summed E-state index contributed by atoms with van der Waals surface area (Å²) in [6, 6.07) is 11.4. The zero-order valence-corrected chi connectivity index (χ0v) is 21.2. The van der Waals surface area contributed by atoms with Gasteiger partial charge in [-0.2, -0.15) is 0 Å². The summed E-state index contributed by atoms with van der Waals surface area (Å²) in [4.78, 5) is 43.4. The van der Waals surface area contributed by atoms with Crippen molar-refractivity contribution in [3.8, 4) is 11.3 Å². The molecule has 0 unspecified atom stereocenters. The smallest absolute Gasteiger partial charge is 0.272 e. The Labute approximate surface area is 217 Å². The van der Waals surface area contributed by atoms with Crippen LogP contribution in [0.25, 0.3) is 22.2 Å². The Balaban J connectivity index is 1.28. The van der Waals surface area contributed by atoms with E-state index >= 15 is 0 Å². The van der Waals surface area contributed by atoms with E-state index in [-0.39, 0.29) is 17.7 Å². The summed E-state index contributed by atoms with van der Waals surface area (Å²) in [6.07, 6.45) is 9.06. The van der Waals surface area contributed by atoms with Gasteiger partial charge in [-0.05, 0) is 59.0 Å². The zero-order chi connectivity index (χ0) is 25.1. The first-order chi connectivity index (χ1) is 17.5. The lowest BCUT2D eigenvalue weighted by Crippen LogP contribution is -2.41. The largest absolute Gasteiger partial charge is 0.360 e. The van der Waals surface area contributed by atoms with Crippen LogP contribution in [0.15, 0.2) is 72.1 Å². The minimum atomic E-state index is -0.322. The van der Waals surface area contributed by atoms with Crippen LogP contribution in [-0.4, -0.2) is 49.7 Å². The summed E-state index contributed by atoms with van der Waals surface area (Å²) >= 11 is 3.61. The summed E-state index contributed by atoms with van der Waals surface area (Å²) in [6.45, 7) is 4.74. The Morgan fingerprint density at radius 3 is 2.86 bits per heavy atom. The molecule has 36 heavy (non-hydrogen) atoms. The molecule has 0 spiro atoms. The molecule has 9 heteroatoms. The van der Waals surface area contributed by atoms with E-state index in [2.05, 4.69) is 48.8 Å². The molecule has 182 valence electrons. The van der Waals surface area contributed by atoms with Gasteiger partial charge in [0.1, 0.15) is 11.5 Å². The number of H-pyrrole nitrogens is 1. The molecule has 2 N–H and O–H groups in total. The van der Waals surface area contributed by atoms with E-state index in [1.165, 1.54) is 12.3 Å². The third-order valence-corrected chi connectivity index (χ3v) is 6.93. The van der Waals surface area contributed by atoms with Gasteiger partial charge in [0.25, 0.3) is 5.91 Å². The zero-order valence-electron chi connectivity index (χ0n) is 19.6. The highest BCUT2D eigenvalue weighted by atomic mass is 79.9. The van der Waals surface area contributed by atoms with Crippen LogP contribution in [0.2, 0.25) is 0 Å². The molecular formula is C27H25BrN6O2. The number of aromatic amines is 1. The highest BCUT2D eigenvalue weighted by Crippen LogP contribution is 2.32. The summed E-state index contributed by atoms with van der Waals surface area (Å²) in [7, 11) is 0. The predicted octanol–water partition coefficient (Wildman–Crippen LogP) is 5.00. The minimum absolute atomic E-state index is 0.113. The number of benzene rings is 1. The van der Waals surface area contributed by atoms with Gasteiger partial charge in [0.15, 0.2) is 0 Å². The lowest BCUT2D eigenvalue weighted by Gasteiger charge is -2.32. The molecule has 1 fully saturated rings. The van der Waals surface area contributed by atoms with Crippen LogP contribution >= 0.6 is 15.9 Å². The van der Waals surface area contributed by atoms with Gasteiger partial charge >= 0.3 is 0 Å². The number of anilines is 1. The Hall–Kier alpha value is -3.85. The highest BCUT2D eigenvalue weighted by molar-refractivity contribution is 9.10. The van der Waals surface area contributed by atoms with E-state index in [0.29, 0.717) is 30.9 Å². The second-order valence-electron chi connectivity index (χ2n) is 8.82. The number of rotatable bonds is 6. The number of para-hydroxylation sites is 1. The van der Waals surface area contributed by atoms with Crippen molar-refractivity contribution in [2.24, 2.45) is 5.92 Å². The molecule has 3 aromatic heterocycles.